The molecule has 240 valence electrons. The zero-order valence-corrected chi connectivity index (χ0v) is 28.6. The third-order valence-corrected chi connectivity index (χ3v) is 9.99. The maximum Gasteiger partial charge on any atom is 0.231 e. The van der Waals surface area contributed by atoms with E-state index in [9.17, 15) is 15.6 Å². The highest BCUT2D eigenvalue weighted by Gasteiger charge is 2.52. The van der Waals surface area contributed by atoms with Crippen LogP contribution in [0, 0.1) is 0 Å². The summed E-state index contributed by atoms with van der Waals surface area (Å²) in [5.41, 5.74) is -2.81. The summed E-state index contributed by atoms with van der Waals surface area (Å²) in [5, 5.41) is 41.1. The lowest BCUT2D eigenvalue weighted by atomic mass is 9.75. The number of rotatable bonds is 5. The third kappa shape index (κ3) is 6.39. The zero-order chi connectivity index (χ0) is 31.8. The van der Waals surface area contributed by atoms with E-state index in [1.807, 2.05) is 27.7 Å². The van der Waals surface area contributed by atoms with E-state index in [2.05, 4.69) is 70.6 Å². The van der Waals surface area contributed by atoms with Crippen LogP contribution in [0.15, 0.2) is 0 Å². The molecule has 11 nitrogen and oxygen atoms in total. The molecule has 1 aromatic heterocycles. The molecule has 0 bridgehead atoms. The van der Waals surface area contributed by atoms with Gasteiger partial charge in [-0.2, -0.15) is 30.1 Å². The zero-order valence-electron chi connectivity index (χ0n) is 27.8. The quantitative estimate of drug-likeness (QED) is 0.315. The molecular weight excluding hydrogens is 556 g/mol. The van der Waals surface area contributed by atoms with Crippen molar-refractivity contribution in [2.45, 2.75) is 173 Å². The number of hydrogen-bond donors (Lipinski definition) is 4. The predicted octanol–water partition coefficient (Wildman–Crippen LogP) is 5.98. The Balaban J connectivity index is 1.76. The van der Waals surface area contributed by atoms with Gasteiger partial charge in [0.2, 0.25) is 17.2 Å². The van der Waals surface area contributed by atoms with E-state index < -0.39 is 33.2 Å². The number of aromatic nitrogens is 3. The van der Waals surface area contributed by atoms with E-state index in [0.717, 1.165) is 0 Å². The highest BCUT2D eigenvalue weighted by Crippen LogP contribution is 2.45. The van der Waals surface area contributed by atoms with Crippen LogP contribution in [0.25, 0.3) is 0 Å². The van der Waals surface area contributed by atoms with Crippen LogP contribution in [-0.4, -0.2) is 97.1 Å². The molecule has 0 saturated carbocycles. The molecule has 0 spiro atoms. The highest BCUT2D eigenvalue weighted by atomic mass is 35.5. The Morgan fingerprint density at radius 1 is 0.595 bits per heavy atom. The number of hydrogen-bond acceptors (Lipinski definition) is 11. The Kier molecular flexibility index (Phi) is 8.49. The predicted molar refractivity (Wildman–Crippen MR) is 165 cm³/mol. The maximum absolute atomic E-state index is 11.1. The van der Waals surface area contributed by atoms with Crippen molar-refractivity contribution in [2.75, 3.05) is 10.2 Å². The minimum atomic E-state index is -0.485. The van der Waals surface area contributed by atoms with Crippen LogP contribution in [0.4, 0.5) is 11.9 Å². The fourth-order valence-corrected chi connectivity index (χ4v) is 8.68. The Labute approximate surface area is 257 Å². The van der Waals surface area contributed by atoms with E-state index in [-0.39, 0.29) is 23.4 Å². The molecule has 42 heavy (non-hydrogen) atoms. The summed E-state index contributed by atoms with van der Waals surface area (Å²) in [4.78, 5) is 16.5. The monoisotopic (exact) mass is 610 g/mol. The van der Waals surface area contributed by atoms with Gasteiger partial charge in [-0.3, -0.25) is 0 Å². The first-order valence-corrected chi connectivity index (χ1v) is 15.7. The highest BCUT2D eigenvalue weighted by molar-refractivity contribution is 6.28. The van der Waals surface area contributed by atoms with Gasteiger partial charge in [0, 0.05) is 51.4 Å². The molecular formula is C30H55ClN8O3. The van der Waals surface area contributed by atoms with E-state index in [1.54, 1.807) is 0 Å². The van der Waals surface area contributed by atoms with Crippen LogP contribution < -0.4 is 10.2 Å². The molecule has 3 fully saturated rings. The van der Waals surface area contributed by atoms with Crippen molar-refractivity contribution >= 4 is 23.5 Å². The Bertz CT molecular complexity index is 1060. The number of anilines is 2. The second kappa shape index (κ2) is 10.6. The summed E-state index contributed by atoms with van der Waals surface area (Å²) < 4.78 is 0. The average Bonchev–Trinajstić information content (AvgIpc) is 2.78. The molecule has 0 unspecified atom stereocenters. The number of nitrogens with zero attached hydrogens (tertiary/aromatic N) is 7. The van der Waals surface area contributed by atoms with Gasteiger partial charge in [0.1, 0.15) is 0 Å². The smallest absolute Gasteiger partial charge is 0.231 e. The average molecular weight is 611 g/mol. The first-order valence-electron chi connectivity index (χ1n) is 15.3. The third-order valence-electron chi connectivity index (χ3n) is 9.82. The molecule has 3 saturated heterocycles. The molecule has 1 aromatic rings. The molecule has 4 heterocycles. The van der Waals surface area contributed by atoms with Crippen LogP contribution in [0.1, 0.15) is 122 Å². The lowest BCUT2D eigenvalue weighted by Crippen LogP contribution is -2.67. The van der Waals surface area contributed by atoms with Crippen molar-refractivity contribution in [3.63, 3.8) is 0 Å². The van der Waals surface area contributed by atoms with Gasteiger partial charge in [-0.15, -0.1) is 0 Å². The lowest BCUT2D eigenvalue weighted by Gasteiger charge is -2.58. The normalized spacial score (nSPS) is 28.5. The van der Waals surface area contributed by atoms with Gasteiger partial charge in [0.25, 0.3) is 0 Å². The molecule has 3 aliphatic heterocycles. The Morgan fingerprint density at radius 2 is 0.929 bits per heavy atom. The van der Waals surface area contributed by atoms with Crippen molar-refractivity contribution in [2.24, 2.45) is 0 Å². The number of halogens is 1. The standard InChI is InChI=1S/C30H55ClN8O3/c1-25(2)13-19(14-26(3,4)37(25)40)32-23-33-22(31)34-24(35-23)36(20-15-27(5,6)38(41)28(7,8)16-20)21-17-29(9,10)39(42)30(11,12)18-21/h19-21,40-42H,13-18H2,1-12H3,(H,32,33,34,35). The van der Waals surface area contributed by atoms with Crippen LogP contribution in [0.3, 0.4) is 0 Å². The molecule has 0 aliphatic carbocycles. The molecule has 0 aromatic carbocycles. The Hall–Kier alpha value is -1.34. The van der Waals surface area contributed by atoms with Crippen molar-refractivity contribution < 1.29 is 15.6 Å². The van der Waals surface area contributed by atoms with Crippen molar-refractivity contribution in [3.8, 4) is 0 Å². The number of piperidine rings is 3. The maximum atomic E-state index is 11.1. The van der Waals surface area contributed by atoms with Crippen molar-refractivity contribution in [1.29, 1.82) is 0 Å². The van der Waals surface area contributed by atoms with Gasteiger partial charge in [-0.05, 0) is 133 Å². The molecule has 0 atom stereocenters. The molecule has 4 rings (SSSR count). The molecule has 0 amide bonds. The van der Waals surface area contributed by atoms with Gasteiger partial charge < -0.3 is 25.8 Å². The first kappa shape index (κ1) is 33.6. The second-order valence-electron chi connectivity index (χ2n) is 16.8. The van der Waals surface area contributed by atoms with E-state index >= 15 is 0 Å². The topological polar surface area (TPSA) is 124 Å². The first-order chi connectivity index (χ1) is 18.9. The summed E-state index contributed by atoms with van der Waals surface area (Å²) in [6.07, 6.45) is 4.16. The molecule has 0 radical (unpaired) electrons. The number of hydroxylamine groups is 6. The summed E-state index contributed by atoms with van der Waals surface area (Å²) >= 11 is 6.62. The van der Waals surface area contributed by atoms with Gasteiger partial charge in [0.05, 0.1) is 0 Å². The van der Waals surface area contributed by atoms with Gasteiger partial charge in [-0.1, -0.05) is 0 Å². The number of nitrogens with one attached hydrogen (secondary N) is 1. The van der Waals surface area contributed by atoms with Crippen LogP contribution in [0.5, 0.6) is 0 Å². The summed E-state index contributed by atoms with van der Waals surface area (Å²) in [6, 6.07) is 0.0215. The Morgan fingerprint density at radius 3 is 1.29 bits per heavy atom. The van der Waals surface area contributed by atoms with Crippen LogP contribution in [-0.2, 0) is 0 Å². The fourth-order valence-electron chi connectivity index (χ4n) is 8.53. The molecule has 12 heteroatoms. The fraction of sp³-hybridized carbons (Fsp3) is 0.900. The lowest BCUT2D eigenvalue weighted by molar-refractivity contribution is -0.251. The van der Waals surface area contributed by atoms with Crippen molar-refractivity contribution in [1.82, 2.24) is 30.1 Å². The van der Waals surface area contributed by atoms with Gasteiger partial charge >= 0.3 is 0 Å². The molecule has 4 N–H and O–H groups in total. The second-order valence-corrected chi connectivity index (χ2v) is 17.2. The van der Waals surface area contributed by atoms with Gasteiger partial charge in [0.15, 0.2) is 0 Å². The minimum Gasteiger partial charge on any atom is -0.351 e. The SMILES string of the molecule is CC1(C)CC(Nc2nc(Cl)nc(N(C3CC(C)(C)N(O)C(C)(C)C3)C3CC(C)(C)N(O)C(C)(C)C3)n2)CC(C)(C)N1O. The van der Waals surface area contributed by atoms with Crippen LogP contribution in [0.2, 0.25) is 5.28 Å². The van der Waals surface area contributed by atoms with Crippen LogP contribution >= 0.6 is 11.6 Å². The van der Waals surface area contributed by atoms with E-state index in [0.29, 0.717) is 50.4 Å². The minimum absolute atomic E-state index is 0.00190. The van der Waals surface area contributed by atoms with Crippen molar-refractivity contribution in [3.05, 3.63) is 5.28 Å². The summed E-state index contributed by atoms with van der Waals surface area (Å²) in [5.74, 6) is 0.913. The summed E-state index contributed by atoms with van der Waals surface area (Å²) in [7, 11) is 0. The summed E-state index contributed by atoms with van der Waals surface area (Å²) in [6.45, 7) is 24.6. The van der Waals surface area contributed by atoms with E-state index in [4.69, 9.17) is 21.6 Å². The largest absolute Gasteiger partial charge is 0.351 e. The molecule has 3 aliphatic rings. The van der Waals surface area contributed by atoms with Gasteiger partial charge in [-0.25, -0.2) is 0 Å². The van der Waals surface area contributed by atoms with E-state index in [1.165, 1.54) is 15.2 Å².